The van der Waals surface area contributed by atoms with Crippen molar-refractivity contribution < 1.29 is 9.18 Å². The minimum absolute atomic E-state index is 0.211. The second kappa shape index (κ2) is 6.81. The maximum Gasteiger partial charge on any atom is 0.248 e. The summed E-state index contributed by atoms with van der Waals surface area (Å²) in [5.41, 5.74) is 11.6. The first-order valence-corrected chi connectivity index (χ1v) is 7.14. The second-order valence-electron chi connectivity index (χ2n) is 5.37. The molecule has 4 nitrogen and oxygen atoms in total. The van der Waals surface area contributed by atoms with E-state index in [2.05, 4.69) is 4.90 Å². The number of nitrogens with two attached hydrogens (primary N) is 2. The second-order valence-corrected chi connectivity index (χ2v) is 5.37. The van der Waals surface area contributed by atoms with Gasteiger partial charge in [-0.15, -0.1) is 0 Å². The summed E-state index contributed by atoms with van der Waals surface area (Å²) >= 11 is 0. The molecule has 1 heterocycles. The zero-order valence-electron chi connectivity index (χ0n) is 11.6. The van der Waals surface area contributed by atoms with Gasteiger partial charge in [0.05, 0.1) is 0 Å². The molecule has 20 heavy (non-hydrogen) atoms. The van der Waals surface area contributed by atoms with Crippen LogP contribution in [0, 0.1) is 5.82 Å². The fourth-order valence-corrected chi connectivity index (χ4v) is 2.84. The molecule has 1 atom stereocenters. The molecule has 1 saturated heterocycles. The molecule has 0 aromatic heterocycles. The number of nitrogens with zero attached hydrogens (tertiary/aromatic N) is 1. The summed E-state index contributed by atoms with van der Waals surface area (Å²) in [5, 5.41) is 0. The lowest BCUT2D eigenvalue weighted by molar-refractivity contribution is 0.0999. The van der Waals surface area contributed by atoms with E-state index < -0.39 is 5.91 Å². The largest absolute Gasteiger partial charge is 0.366 e. The van der Waals surface area contributed by atoms with Crippen molar-refractivity contribution in [3.05, 3.63) is 35.1 Å². The number of rotatable bonds is 5. The number of primary amides is 1. The predicted octanol–water partition coefficient (Wildman–Crippen LogP) is 1.63. The Labute approximate surface area is 118 Å². The average Bonchev–Trinajstić information content (AvgIpc) is 2.43. The third-order valence-corrected chi connectivity index (χ3v) is 3.96. The molecule has 0 saturated carbocycles. The van der Waals surface area contributed by atoms with Gasteiger partial charge in [-0.2, -0.15) is 0 Å². The number of piperidine rings is 1. The van der Waals surface area contributed by atoms with Gasteiger partial charge in [0.1, 0.15) is 5.82 Å². The standard InChI is InChI=1S/C15H22FN3O/c16-14-9-11(15(18)20)4-5-12(14)10-19-8-2-1-3-13(19)6-7-17/h4-5,9,13H,1-3,6-8,10,17H2,(H2,18,20). The molecule has 1 amide bonds. The molecule has 110 valence electrons. The van der Waals surface area contributed by atoms with Gasteiger partial charge >= 0.3 is 0 Å². The van der Waals surface area contributed by atoms with E-state index in [1.807, 2.05) is 0 Å². The molecule has 0 aliphatic carbocycles. The highest BCUT2D eigenvalue weighted by atomic mass is 19.1. The summed E-state index contributed by atoms with van der Waals surface area (Å²) in [6.07, 6.45) is 4.42. The predicted molar refractivity (Wildman–Crippen MR) is 76.6 cm³/mol. The minimum Gasteiger partial charge on any atom is -0.366 e. The van der Waals surface area contributed by atoms with Crippen molar-refractivity contribution in [2.75, 3.05) is 13.1 Å². The van der Waals surface area contributed by atoms with E-state index in [9.17, 15) is 9.18 Å². The number of hydrogen-bond acceptors (Lipinski definition) is 3. The van der Waals surface area contributed by atoms with Gasteiger partial charge < -0.3 is 11.5 Å². The molecule has 0 spiro atoms. The van der Waals surface area contributed by atoms with Gasteiger partial charge in [-0.3, -0.25) is 9.69 Å². The third kappa shape index (κ3) is 3.55. The van der Waals surface area contributed by atoms with Gasteiger partial charge in [-0.1, -0.05) is 12.5 Å². The number of hydrogen-bond donors (Lipinski definition) is 2. The van der Waals surface area contributed by atoms with Crippen LogP contribution in [0.4, 0.5) is 4.39 Å². The van der Waals surface area contributed by atoms with Gasteiger partial charge in [0.25, 0.3) is 0 Å². The van der Waals surface area contributed by atoms with Gasteiger partial charge in [-0.05, 0) is 44.5 Å². The summed E-state index contributed by atoms with van der Waals surface area (Å²) in [6, 6.07) is 4.90. The Morgan fingerprint density at radius 1 is 1.40 bits per heavy atom. The normalized spacial score (nSPS) is 20.0. The van der Waals surface area contributed by atoms with Crippen molar-refractivity contribution in [3.8, 4) is 0 Å². The molecule has 1 aliphatic heterocycles. The van der Waals surface area contributed by atoms with Crippen LogP contribution in [-0.4, -0.2) is 29.9 Å². The zero-order valence-corrected chi connectivity index (χ0v) is 11.6. The fraction of sp³-hybridized carbons (Fsp3) is 0.533. The number of likely N-dealkylation sites (tertiary alicyclic amines) is 1. The SMILES string of the molecule is NCCC1CCCCN1Cc1ccc(C(N)=O)cc1F. The molecule has 5 heteroatoms. The Kier molecular flexibility index (Phi) is 5.09. The van der Waals surface area contributed by atoms with Crippen molar-refractivity contribution in [1.82, 2.24) is 4.90 Å². The molecule has 4 N–H and O–H groups in total. The van der Waals surface area contributed by atoms with Crippen molar-refractivity contribution in [1.29, 1.82) is 0 Å². The molecular weight excluding hydrogens is 257 g/mol. The van der Waals surface area contributed by atoms with E-state index in [-0.39, 0.29) is 11.4 Å². The van der Waals surface area contributed by atoms with E-state index in [1.165, 1.54) is 12.5 Å². The summed E-state index contributed by atoms with van der Waals surface area (Å²) in [7, 11) is 0. The highest BCUT2D eigenvalue weighted by molar-refractivity contribution is 5.92. The summed E-state index contributed by atoms with van der Waals surface area (Å²) in [5.74, 6) is -0.965. The Morgan fingerprint density at radius 2 is 2.20 bits per heavy atom. The molecule has 0 bridgehead atoms. The Hall–Kier alpha value is -1.46. The molecule has 1 aromatic carbocycles. The van der Waals surface area contributed by atoms with E-state index >= 15 is 0 Å². The van der Waals surface area contributed by atoms with Crippen molar-refractivity contribution >= 4 is 5.91 Å². The first kappa shape index (κ1) is 14.9. The number of benzene rings is 1. The maximum atomic E-state index is 14.0. The van der Waals surface area contributed by atoms with Crippen molar-refractivity contribution in [2.45, 2.75) is 38.3 Å². The number of carbonyl (C=O) groups is 1. The Morgan fingerprint density at radius 3 is 2.85 bits per heavy atom. The number of halogens is 1. The molecule has 0 radical (unpaired) electrons. The van der Waals surface area contributed by atoms with Crippen LogP contribution in [0.3, 0.4) is 0 Å². The highest BCUT2D eigenvalue weighted by Crippen LogP contribution is 2.22. The summed E-state index contributed by atoms with van der Waals surface area (Å²) < 4.78 is 14.0. The zero-order chi connectivity index (χ0) is 14.5. The average molecular weight is 279 g/mol. The highest BCUT2D eigenvalue weighted by Gasteiger charge is 2.22. The lowest BCUT2D eigenvalue weighted by Crippen LogP contribution is -2.40. The van der Waals surface area contributed by atoms with Crippen LogP contribution in [0.5, 0.6) is 0 Å². The molecule has 1 aliphatic rings. The molecular formula is C15H22FN3O. The summed E-state index contributed by atoms with van der Waals surface area (Å²) in [6.45, 7) is 2.20. The van der Waals surface area contributed by atoms with E-state index in [0.29, 0.717) is 24.7 Å². The molecule has 1 aromatic rings. The lowest BCUT2D eigenvalue weighted by Gasteiger charge is -2.35. The van der Waals surface area contributed by atoms with Crippen LogP contribution >= 0.6 is 0 Å². The Bertz CT molecular complexity index is 476. The lowest BCUT2D eigenvalue weighted by atomic mass is 9.98. The smallest absolute Gasteiger partial charge is 0.248 e. The third-order valence-electron chi connectivity index (χ3n) is 3.96. The monoisotopic (exact) mass is 279 g/mol. The van der Waals surface area contributed by atoms with Gasteiger partial charge in [0.2, 0.25) is 5.91 Å². The quantitative estimate of drug-likeness (QED) is 0.860. The topological polar surface area (TPSA) is 72.3 Å². The van der Waals surface area contributed by atoms with Gasteiger partial charge in [0, 0.05) is 23.7 Å². The van der Waals surface area contributed by atoms with Crippen LogP contribution in [0.15, 0.2) is 18.2 Å². The van der Waals surface area contributed by atoms with Crippen LogP contribution in [0.2, 0.25) is 0 Å². The van der Waals surface area contributed by atoms with Crippen LogP contribution in [0.25, 0.3) is 0 Å². The minimum atomic E-state index is -0.602. The van der Waals surface area contributed by atoms with E-state index in [1.54, 1.807) is 12.1 Å². The number of carbonyl (C=O) groups excluding carboxylic acids is 1. The van der Waals surface area contributed by atoms with Crippen molar-refractivity contribution in [2.24, 2.45) is 11.5 Å². The fourth-order valence-electron chi connectivity index (χ4n) is 2.84. The molecule has 1 unspecified atom stereocenters. The van der Waals surface area contributed by atoms with Crippen LogP contribution in [-0.2, 0) is 6.54 Å². The number of amides is 1. The molecule has 1 fully saturated rings. The first-order chi connectivity index (χ1) is 9.61. The van der Waals surface area contributed by atoms with Crippen LogP contribution < -0.4 is 11.5 Å². The first-order valence-electron chi connectivity index (χ1n) is 7.14. The summed E-state index contributed by atoms with van der Waals surface area (Å²) in [4.78, 5) is 13.3. The van der Waals surface area contributed by atoms with E-state index in [0.717, 1.165) is 25.8 Å². The van der Waals surface area contributed by atoms with E-state index in [4.69, 9.17) is 11.5 Å². The van der Waals surface area contributed by atoms with Gasteiger partial charge in [-0.25, -0.2) is 4.39 Å². The van der Waals surface area contributed by atoms with Gasteiger partial charge in [0.15, 0.2) is 0 Å². The maximum absolute atomic E-state index is 14.0. The van der Waals surface area contributed by atoms with Crippen molar-refractivity contribution in [3.63, 3.8) is 0 Å². The Balaban J connectivity index is 2.09. The molecule has 2 rings (SSSR count). The van der Waals surface area contributed by atoms with Crippen LogP contribution in [0.1, 0.15) is 41.6 Å².